The molecule has 0 fully saturated rings. The lowest BCUT2D eigenvalue weighted by atomic mass is 9.99. The van der Waals surface area contributed by atoms with Gasteiger partial charge >= 0.3 is 0 Å². The molecule has 0 bridgehead atoms. The average Bonchev–Trinajstić information content (AvgIpc) is 2.48. The van der Waals surface area contributed by atoms with Crippen LogP contribution in [0.3, 0.4) is 0 Å². The lowest BCUT2D eigenvalue weighted by molar-refractivity contribution is -0.114. The highest BCUT2D eigenvalue weighted by molar-refractivity contribution is 5.88. The highest BCUT2D eigenvalue weighted by Crippen LogP contribution is 2.32. The van der Waals surface area contributed by atoms with Crippen LogP contribution in [0, 0.1) is 0 Å². The third-order valence-corrected chi connectivity index (χ3v) is 4.00. The topological polar surface area (TPSA) is 58.4 Å². The van der Waals surface area contributed by atoms with Crippen LogP contribution in [0.4, 0.5) is 17.1 Å². The predicted molar refractivity (Wildman–Crippen MR) is 98.2 cm³/mol. The van der Waals surface area contributed by atoms with Crippen LogP contribution in [-0.2, 0) is 17.8 Å². The molecule has 2 aromatic carbocycles. The minimum Gasteiger partial charge on any atom is -0.398 e. The fourth-order valence-electron chi connectivity index (χ4n) is 3.06. The molecule has 0 saturated carbocycles. The van der Waals surface area contributed by atoms with Gasteiger partial charge in [-0.2, -0.15) is 0 Å². The van der Waals surface area contributed by atoms with Gasteiger partial charge in [0.05, 0.1) is 0 Å². The molecule has 0 aliphatic carbocycles. The standard InChI is InChI=1S/C18H21N3O.ClH/c1-13(22)20-15-6-2-5-14(11-15)12-21-10-4-7-16-17(19)8-3-9-18(16)21;/h2-3,5-6,8-9,11H,4,7,10,12,19H2,1H3,(H,20,22);1H. The summed E-state index contributed by atoms with van der Waals surface area (Å²) in [7, 11) is 0. The maximum Gasteiger partial charge on any atom is 0.221 e. The van der Waals surface area contributed by atoms with Crippen LogP contribution in [0.15, 0.2) is 42.5 Å². The van der Waals surface area contributed by atoms with Crippen molar-refractivity contribution in [2.75, 3.05) is 22.5 Å². The number of nitrogen functional groups attached to an aromatic ring is 1. The number of amides is 1. The molecule has 0 unspecified atom stereocenters. The number of fused-ring (bicyclic) bond motifs is 1. The van der Waals surface area contributed by atoms with Gasteiger partial charge in [0.15, 0.2) is 0 Å². The van der Waals surface area contributed by atoms with Crippen LogP contribution >= 0.6 is 12.4 Å². The molecule has 5 heteroatoms. The summed E-state index contributed by atoms with van der Waals surface area (Å²) in [4.78, 5) is 13.5. The van der Waals surface area contributed by atoms with Gasteiger partial charge in [-0.25, -0.2) is 0 Å². The number of hydrogen-bond acceptors (Lipinski definition) is 3. The number of anilines is 3. The summed E-state index contributed by atoms with van der Waals surface area (Å²) in [6, 6.07) is 14.1. The Morgan fingerprint density at radius 1 is 1.26 bits per heavy atom. The fourth-order valence-corrected chi connectivity index (χ4v) is 3.06. The molecule has 0 atom stereocenters. The molecule has 2 aromatic rings. The van der Waals surface area contributed by atoms with Crippen molar-refractivity contribution < 1.29 is 4.79 Å². The molecule has 3 N–H and O–H groups in total. The van der Waals surface area contributed by atoms with E-state index in [4.69, 9.17) is 5.73 Å². The van der Waals surface area contributed by atoms with E-state index in [9.17, 15) is 4.79 Å². The first kappa shape index (κ1) is 17.2. The van der Waals surface area contributed by atoms with Crippen LogP contribution in [0.5, 0.6) is 0 Å². The van der Waals surface area contributed by atoms with Gasteiger partial charge in [0.2, 0.25) is 5.91 Å². The summed E-state index contributed by atoms with van der Waals surface area (Å²) in [5.74, 6) is -0.0479. The van der Waals surface area contributed by atoms with E-state index in [-0.39, 0.29) is 18.3 Å². The number of carbonyl (C=O) groups excluding carboxylic acids is 1. The zero-order valence-electron chi connectivity index (χ0n) is 13.2. The number of benzene rings is 2. The van der Waals surface area contributed by atoms with Crippen molar-refractivity contribution in [3.63, 3.8) is 0 Å². The van der Waals surface area contributed by atoms with Gasteiger partial charge in [-0.3, -0.25) is 4.79 Å². The first-order valence-electron chi connectivity index (χ1n) is 7.62. The Bertz CT molecular complexity index is 702. The van der Waals surface area contributed by atoms with Gasteiger partial charge in [0.1, 0.15) is 0 Å². The molecule has 122 valence electrons. The second-order valence-corrected chi connectivity index (χ2v) is 5.75. The quantitative estimate of drug-likeness (QED) is 0.845. The smallest absolute Gasteiger partial charge is 0.221 e. The molecular weight excluding hydrogens is 310 g/mol. The number of nitrogens with two attached hydrogens (primary N) is 1. The molecule has 3 rings (SSSR count). The van der Waals surface area contributed by atoms with Gasteiger partial charge in [0.25, 0.3) is 0 Å². The van der Waals surface area contributed by atoms with E-state index < -0.39 is 0 Å². The van der Waals surface area contributed by atoms with Crippen molar-refractivity contribution in [1.29, 1.82) is 0 Å². The first-order valence-corrected chi connectivity index (χ1v) is 7.62. The second-order valence-electron chi connectivity index (χ2n) is 5.75. The van der Waals surface area contributed by atoms with Crippen molar-refractivity contribution in [1.82, 2.24) is 0 Å². The molecule has 0 spiro atoms. The Morgan fingerprint density at radius 3 is 2.83 bits per heavy atom. The fraction of sp³-hybridized carbons (Fsp3) is 0.278. The lowest BCUT2D eigenvalue weighted by Gasteiger charge is -2.32. The lowest BCUT2D eigenvalue weighted by Crippen LogP contribution is -2.29. The summed E-state index contributed by atoms with van der Waals surface area (Å²) in [5.41, 5.74) is 11.5. The van der Waals surface area contributed by atoms with E-state index in [1.165, 1.54) is 23.7 Å². The number of rotatable bonds is 3. The molecule has 1 amide bonds. The van der Waals surface area contributed by atoms with Crippen molar-refractivity contribution in [2.45, 2.75) is 26.3 Å². The van der Waals surface area contributed by atoms with Crippen molar-refractivity contribution in [3.8, 4) is 0 Å². The highest BCUT2D eigenvalue weighted by atomic mass is 35.5. The summed E-state index contributed by atoms with van der Waals surface area (Å²) >= 11 is 0. The van der Waals surface area contributed by atoms with E-state index in [2.05, 4.69) is 22.3 Å². The number of nitrogens with one attached hydrogen (secondary N) is 1. The molecule has 1 heterocycles. The third-order valence-electron chi connectivity index (χ3n) is 4.00. The number of halogens is 1. The van der Waals surface area contributed by atoms with E-state index >= 15 is 0 Å². The molecule has 0 radical (unpaired) electrons. The van der Waals surface area contributed by atoms with Crippen LogP contribution < -0.4 is 16.0 Å². The third kappa shape index (κ3) is 3.96. The Morgan fingerprint density at radius 2 is 2.04 bits per heavy atom. The van der Waals surface area contributed by atoms with E-state index in [0.717, 1.165) is 37.3 Å². The Hall–Kier alpha value is -2.20. The normalized spacial score (nSPS) is 13.0. The van der Waals surface area contributed by atoms with Gasteiger partial charge in [-0.15, -0.1) is 12.4 Å². The van der Waals surface area contributed by atoms with Crippen LogP contribution in [0.1, 0.15) is 24.5 Å². The largest absolute Gasteiger partial charge is 0.398 e. The van der Waals surface area contributed by atoms with Gasteiger partial charge in [0, 0.05) is 37.1 Å². The van der Waals surface area contributed by atoms with Crippen molar-refractivity contribution in [2.24, 2.45) is 0 Å². The zero-order valence-corrected chi connectivity index (χ0v) is 14.0. The van der Waals surface area contributed by atoms with Crippen molar-refractivity contribution in [3.05, 3.63) is 53.6 Å². The van der Waals surface area contributed by atoms with Crippen LogP contribution in [-0.4, -0.2) is 12.5 Å². The number of hydrogen-bond donors (Lipinski definition) is 2. The van der Waals surface area contributed by atoms with Crippen LogP contribution in [0.25, 0.3) is 0 Å². The molecule has 23 heavy (non-hydrogen) atoms. The number of carbonyl (C=O) groups is 1. The minimum atomic E-state index is -0.0479. The SMILES string of the molecule is CC(=O)Nc1cccc(CN2CCCc3c(N)cccc32)c1.Cl. The Balaban J connectivity index is 0.00000192. The Kier molecular flexibility index (Phi) is 5.50. The zero-order chi connectivity index (χ0) is 15.5. The number of nitrogens with zero attached hydrogens (tertiary/aromatic N) is 1. The van der Waals surface area contributed by atoms with Gasteiger partial charge in [-0.1, -0.05) is 18.2 Å². The maximum atomic E-state index is 11.2. The maximum absolute atomic E-state index is 11.2. The molecule has 1 aliphatic heterocycles. The van der Waals surface area contributed by atoms with Crippen molar-refractivity contribution >= 4 is 35.4 Å². The Labute approximate surface area is 143 Å². The molecule has 0 saturated heterocycles. The van der Waals surface area contributed by atoms with Gasteiger partial charge in [-0.05, 0) is 48.2 Å². The second kappa shape index (κ2) is 7.38. The minimum absolute atomic E-state index is 0. The molecule has 1 aliphatic rings. The van der Waals surface area contributed by atoms with E-state index in [1.54, 1.807) is 0 Å². The highest BCUT2D eigenvalue weighted by Gasteiger charge is 2.18. The van der Waals surface area contributed by atoms with Gasteiger partial charge < -0.3 is 16.0 Å². The molecule has 4 nitrogen and oxygen atoms in total. The van der Waals surface area contributed by atoms with Crippen LogP contribution in [0.2, 0.25) is 0 Å². The summed E-state index contributed by atoms with van der Waals surface area (Å²) in [6.45, 7) is 3.38. The molecule has 0 aromatic heterocycles. The molecular formula is C18H22ClN3O. The summed E-state index contributed by atoms with van der Waals surface area (Å²) in [6.07, 6.45) is 2.16. The predicted octanol–water partition coefficient (Wildman–Crippen LogP) is 3.60. The van der Waals surface area contributed by atoms with E-state index in [0.29, 0.717) is 0 Å². The average molecular weight is 332 g/mol. The summed E-state index contributed by atoms with van der Waals surface area (Å²) in [5, 5.41) is 2.83. The van der Waals surface area contributed by atoms with E-state index in [1.807, 2.05) is 30.3 Å². The first-order chi connectivity index (χ1) is 10.6. The monoisotopic (exact) mass is 331 g/mol. The summed E-state index contributed by atoms with van der Waals surface area (Å²) < 4.78 is 0.